The molecule has 0 bridgehead atoms. The molecule has 8 nitrogen and oxygen atoms in total. The Hall–Kier alpha value is -13.9. The van der Waals surface area contributed by atoms with Crippen molar-refractivity contribution in [3.8, 4) is 89.4 Å². The van der Waals surface area contributed by atoms with E-state index >= 15 is 0 Å². The second kappa shape index (κ2) is 27.7. The van der Waals surface area contributed by atoms with Crippen molar-refractivity contribution in [2.75, 3.05) is 0 Å². The van der Waals surface area contributed by atoms with Crippen molar-refractivity contribution >= 4 is 160 Å². The van der Waals surface area contributed by atoms with Crippen LogP contribution in [0.3, 0.4) is 0 Å². The van der Waals surface area contributed by atoms with Crippen LogP contribution in [0.25, 0.3) is 215 Å². The van der Waals surface area contributed by atoms with Crippen LogP contribution in [0, 0.1) is 0 Å². The predicted octanol–water partition coefficient (Wildman–Crippen LogP) is 27.6. The van der Waals surface area contributed by atoms with Crippen LogP contribution in [-0.2, 0) is 0 Å². The van der Waals surface area contributed by atoms with Gasteiger partial charge in [-0.05, 0) is 131 Å². The molecule has 518 valence electrons. The number of hydrogen-bond donors (Lipinski definition) is 0. The Kier molecular flexibility index (Phi) is 16.3. The maximum absolute atomic E-state index is 5.18. The Morgan fingerprint density at radius 2 is 0.550 bits per heavy atom. The molecule has 0 saturated heterocycles. The Morgan fingerprint density at radius 1 is 0.198 bits per heavy atom. The molecule has 0 aliphatic carbocycles. The number of rotatable bonds is 8. The molecule has 0 unspecified atom stereocenters. The van der Waals surface area contributed by atoms with Crippen molar-refractivity contribution in [2.45, 2.75) is 0 Å². The summed E-state index contributed by atoms with van der Waals surface area (Å²) < 4.78 is 6.05. The molecule has 0 aliphatic rings. The molecule has 0 spiro atoms. The van der Waals surface area contributed by atoms with Gasteiger partial charge in [0.25, 0.3) is 0 Å². The number of thiophene rings is 3. The van der Waals surface area contributed by atoms with E-state index in [0.29, 0.717) is 0 Å². The van der Waals surface area contributed by atoms with Gasteiger partial charge in [-0.15, -0.1) is 34.0 Å². The Labute approximate surface area is 649 Å². The highest BCUT2D eigenvalue weighted by Crippen LogP contribution is 2.47. The average Bonchev–Trinajstić information content (AvgIpc) is 1.49. The van der Waals surface area contributed by atoms with E-state index in [0.717, 1.165) is 92.2 Å². The zero-order valence-electron chi connectivity index (χ0n) is 59.4. The van der Waals surface area contributed by atoms with E-state index in [4.69, 9.17) is 24.9 Å². The van der Waals surface area contributed by atoms with Crippen LogP contribution >= 0.6 is 34.0 Å². The zero-order chi connectivity index (χ0) is 73.3. The van der Waals surface area contributed by atoms with E-state index in [9.17, 15) is 0 Å². The quantitative estimate of drug-likeness (QED) is 0.139. The number of nitrogens with zero attached hydrogens (tertiary/aromatic N) is 8. The Balaban J connectivity index is 0.000000107. The highest BCUT2D eigenvalue weighted by atomic mass is 32.1. The lowest BCUT2D eigenvalue weighted by atomic mass is 9.93. The summed E-state index contributed by atoms with van der Waals surface area (Å²) in [4.78, 5) is 39.3. The molecule has 9 aromatic heterocycles. The van der Waals surface area contributed by atoms with Crippen LogP contribution in [0.5, 0.6) is 0 Å². The summed E-state index contributed by atoms with van der Waals surface area (Å²) in [5, 5.41) is 14.2. The van der Waals surface area contributed by atoms with Gasteiger partial charge in [0.2, 0.25) is 0 Å². The summed E-state index contributed by atoms with van der Waals surface area (Å²) in [6.07, 6.45) is 11.0. The average molecular weight is 1470 g/mol. The molecule has 111 heavy (non-hydrogen) atoms. The van der Waals surface area contributed by atoms with Crippen LogP contribution in [0.4, 0.5) is 0 Å². The van der Waals surface area contributed by atoms with Crippen LogP contribution in [0.2, 0.25) is 0 Å². The first-order valence-electron chi connectivity index (χ1n) is 36.9. The fraction of sp³-hybridized carbons (Fsp3) is 0. The number of hydrogen-bond acceptors (Lipinski definition) is 11. The van der Waals surface area contributed by atoms with Crippen molar-refractivity contribution in [2.24, 2.45) is 0 Å². The SMILES string of the molecule is c1cc(-c2cccc3c2sc2cccnc23)cc(-c2cccc3ccc4cccnc4c23)c1.c1cc(-c2cccc3c2sc2nccnc23)cc(-c2cccc3ccc4cccnc4c23)c1.c1ccc(-c2nc(-c3ccccc3)c3sc4c(-c5cccc(-c6cccc7ccc8cccnc8c67)c5)cccc4c3n2)cc1. The maximum atomic E-state index is 5.18. The molecule has 0 saturated carbocycles. The van der Waals surface area contributed by atoms with Crippen molar-refractivity contribution < 1.29 is 0 Å². The second-order valence-corrected chi connectivity index (χ2v) is 30.7. The monoisotopic (exact) mass is 1470 g/mol. The zero-order valence-corrected chi connectivity index (χ0v) is 61.9. The van der Waals surface area contributed by atoms with E-state index in [-0.39, 0.29) is 0 Å². The maximum Gasteiger partial charge on any atom is 0.160 e. The molecule has 0 amide bonds. The third-order valence-corrected chi connectivity index (χ3v) is 24.7. The largest absolute Gasteiger partial charge is 0.256 e. The molecular weight excluding hydrogens is 1410 g/mol. The summed E-state index contributed by atoms with van der Waals surface area (Å²) in [7, 11) is 0. The minimum absolute atomic E-state index is 0.742. The number of benzene rings is 14. The first-order chi connectivity index (χ1) is 55.0. The molecule has 23 rings (SSSR count). The lowest BCUT2D eigenvalue weighted by molar-refractivity contribution is 1.24. The van der Waals surface area contributed by atoms with Gasteiger partial charge in [-0.1, -0.05) is 279 Å². The summed E-state index contributed by atoms with van der Waals surface area (Å²) in [6.45, 7) is 0. The molecule has 0 aliphatic heterocycles. The lowest BCUT2D eigenvalue weighted by Gasteiger charge is -2.11. The molecule has 14 aromatic carbocycles. The number of aromatic nitrogens is 8. The first kappa shape index (κ1) is 65.4. The predicted molar refractivity (Wildman–Crippen MR) is 469 cm³/mol. The van der Waals surface area contributed by atoms with Gasteiger partial charge < -0.3 is 0 Å². The lowest BCUT2D eigenvalue weighted by Crippen LogP contribution is -1.93. The van der Waals surface area contributed by atoms with Gasteiger partial charge in [0.05, 0.1) is 42.7 Å². The van der Waals surface area contributed by atoms with Crippen LogP contribution in [0.1, 0.15) is 0 Å². The first-order valence-corrected chi connectivity index (χ1v) is 39.3. The Morgan fingerprint density at radius 3 is 1.05 bits per heavy atom. The van der Waals surface area contributed by atoms with Gasteiger partial charge in [-0.2, -0.15) is 0 Å². The fourth-order valence-electron chi connectivity index (χ4n) is 16.0. The van der Waals surface area contributed by atoms with E-state index in [1.54, 1.807) is 35.1 Å². The van der Waals surface area contributed by atoms with Crippen LogP contribution in [-0.4, -0.2) is 39.9 Å². The second-order valence-electron chi connectivity index (χ2n) is 27.6. The topological polar surface area (TPSA) is 103 Å². The molecular formula is C100H60N8S3. The molecule has 0 fully saturated rings. The fourth-order valence-corrected chi connectivity index (χ4v) is 19.6. The molecule has 0 radical (unpaired) electrons. The van der Waals surface area contributed by atoms with Gasteiger partial charge in [0.1, 0.15) is 10.3 Å². The summed E-state index contributed by atoms with van der Waals surface area (Å²) in [6, 6.07) is 116. The van der Waals surface area contributed by atoms with E-state index in [1.165, 1.54) is 123 Å². The van der Waals surface area contributed by atoms with E-state index in [2.05, 4.69) is 294 Å². The van der Waals surface area contributed by atoms with Crippen LogP contribution < -0.4 is 0 Å². The van der Waals surface area contributed by atoms with Crippen molar-refractivity contribution in [1.29, 1.82) is 0 Å². The van der Waals surface area contributed by atoms with E-state index in [1.807, 2.05) is 84.7 Å². The third kappa shape index (κ3) is 11.7. The summed E-state index contributed by atoms with van der Waals surface area (Å²) >= 11 is 5.30. The molecule has 9 heterocycles. The van der Waals surface area contributed by atoms with Crippen molar-refractivity contribution in [3.05, 3.63) is 365 Å². The third-order valence-electron chi connectivity index (χ3n) is 21.1. The Bertz CT molecular complexity index is 7350. The van der Waals surface area contributed by atoms with Gasteiger partial charge in [-0.25, -0.2) is 15.0 Å². The smallest absolute Gasteiger partial charge is 0.160 e. The highest BCUT2D eigenvalue weighted by Gasteiger charge is 2.22. The van der Waals surface area contributed by atoms with Gasteiger partial charge in [0, 0.05) is 111 Å². The van der Waals surface area contributed by atoms with E-state index < -0.39 is 0 Å². The van der Waals surface area contributed by atoms with Crippen LogP contribution in [0.15, 0.2) is 365 Å². The minimum Gasteiger partial charge on any atom is -0.256 e. The molecule has 23 aromatic rings. The normalized spacial score (nSPS) is 11.6. The van der Waals surface area contributed by atoms with Crippen molar-refractivity contribution in [3.63, 3.8) is 0 Å². The summed E-state index contributed by atoms with van der Waals surface area (Å²) in [5.41, 5.74) is 23.6. The summed E-state index contributed by atoms with van der Waals surface area (Å²) in [5.74, 6) is 0.742. The minimum atomic E-state index is 0.742. The van der Waals surface area contributed by atoms with Gasteiger partial charge in [0.15, 0.2) is 5.82 Å². The van der Waals surface area contributed by atoms with Gasteiger partial charge >= 0.3 is 0 Å². The molecule has 0 N–H and O–H groups in total. The number of fused-ring (bicyclic) bond motifs is 18. The van der Waals surface area contributed by atoms with Gasteiger partial charge in [-0.3, -0.25) is 24.9 Å². The van der Waals surface area contributed by atoms with Crippen molar-refractivity contribution in [1.82, 2.24) is 39.9 Å². The number of pyridine rings is 4. The molecule has 11 heteroatoms. The standard InChI is InChI=1S/C41H25N3S.C30H18N2S.C29H17N3S/c1-3-11-27(12-4-1)37-40-38(44-41(43-37)29-13-5-2-6-14-29)34-21-9-20-33(39(34)45-40)31-17-7-16-30(25-31)32-19-8-15-26-22-23-28-18-10-24-42-36(28)35(26)32;1-7-21(23-10-2-6-19-14-15-20-9-4-16-31-28(20)27(19)23)18-22(8-1)24-11-3-12-25-29-26(33-30(24)25)13-5-17-32-29;1-6-20(22-9-2-5-18-12-13-19-8-4-14-30-26(19)25(18)22)17-21(7-1)23-10-3-11-24-27-29(33-28(23)24)32-16-15-31-27/h1-25H;1-18H;1-17H. The molecule has 0 atom stereocenters. The highest BCUT2D eigenvalue weighted by molar-refractivity contribution is 7.27.